The number of rotatable bonds is 5. The van der Waals surface area contributed by atoms with E-state index < -0.39 is 0 Å². The summed E-state index contributed by atoms with van der Waals surface area (Å²) in [6, 6.07) is 8.39. The third-order valence-corrected chi connectivity index (χ3v) is 3.20. The van der Waals surface area contributed by atoms with Crippen LogP contribution in [-0.4, -0.2) is 10.5 Å². The van der Waals surface area contributed by atoms with Crippen LogP contribution >= 0.6 is 0 Å². The summed E-state index contributed by atoms with van der Waals surface area (Å²) >= 11 is 0. The van der Waals surface area contributed by atoms with Gasteiger partial charge >= 0.3 is 0 Å². The predicted octanol–water partition coefficient (Wildman–Crippen LogP) is 2.11. The van der Waals surface area contributed by atoms with Crippen molar-refractivity contribution in [3.63, 3.8) is 0 Å². The first-order chi connectivity index (χ1) is 8.72. The number of aryl methyl sites for hydroxylation is 2. The largest absolute Gasteiger partial charge is 0.347 e. The number of unbranched alkanes of at least 4 members (excludes halogenated alkanes) is 1. The Hall–Kier alpha value is -1.81. The van der Waals surface area contributed by atoms with Gasteiger partial charge in [-0.15, -0.1) is 0 Å². The lowest BCUT2D eigenvalue weighted by atomic mass is 10.2. The van der Waals surface area contributed by atoms with E-state index in [1.165, 1.54) is 16.5 Å². The van der Waals surface area contributed by atoms with Crippen LogP contribution in [0.3, 0.4) is 0 Å². The van der Waals surface area contributed by atoms with Crippen molar-refractivity contribution in [3.05, 3.63) is 36.0 Å². The van der Waals surface area contributed by atoms with E-state index in [9.17, 15) is 4.79 Å². The molecule has 0 bridgehead atoms. The molecule has 0 aliphatic carbocycles. The maximum atomic E-state index is 11.0. The first-order valence-electron chi connectivity index (χ1n) is 6.26. The minimum Gasteiger partial charge on any atom is -0.347 e. The number of hydrogen-bond acceptors (Lipinski definition) is 2. The second-order valence-electron chi connectivity index (χ2n) is 4.55. The van der Waals surface area contributed by atoms with Gasteiger partial charge in [-0.05, 0) is 31.4 Å². The smallest absolute Gasteiger partial charge is 0.233 e. The Bertz CT molecular complexity index is 545. The summed E-state index contributed by atoms with van der Waals surface area (Å²) in [5.41, 5.74) is 4.71. The number of nitrogens with two attached hydrogens (primary N) is 1. The molecule has 3 N–H and O–H groups in total. The van der Waals surface area contributed by atoms with Crippen molar-refractivity contribution in [2.45, 2.75) is 32.7 Å². The fraction of sp³-hybridized carbons (Fsp3) is 0.357. The van der Waals surface area contributed by atoms with Crippen molar-refractivity contribution in [1.82, 2.24) is 9.99 Å². The molecular formula is C14H19N3O. The minimum atomic E-state index is -0.0939. The minimum absolute atomic E-state index is 0.0939. The van der Waals surface area contributed by atoms with E-state index in [0.717, 1.165) is 19.4 Å². The van der Waals surface area contributed by atoms with Gasteiger partial charge in [-0.25, -0.2) is 5.84 Å². The first kappa shape index (κ1) is 12.6. The van der Waals surface area contributed by atoms with Crippen LogP contribution in [0.1, 0.15) is 24.8 Å². The van der Waals surface area contributed by atoms with Gasteiger partial charge in [0.2, 0.25) is 5.91 Å². The highest BCUT2D eigenvalue weighted by atomic mass is 16.2. The third-order valence-electron chi connectivity index (χ3n) is 3.20. The molecule has 4 nitrogen and oxygen atoms in total. The number of para-hydroxylation sites is 1. The zero-order chi connectivity index (χ0) is 13.0. The van der Waals surface area contributed by atoms with Crippen LogP contribution in [0.2, 0.25) is 0 Å². The van der Waals surface area contributed by atoms with Gasteiger partial charge in [-0.2, -0.15) is 0 Å². The van der Waals surface area contributed by atoms with E-state index in [4.69, 9.17) is 5.84 Å². The third kappa shape index (κ3) is 2.71. The lowest BCUT2D eigenvalue weighted by molar-refractivity contribution is -0.121. The number of aromatic nitrogens is 1. The maximum Gasteiger partial charge on any atom is 0.233 e. The van der Waals surface area contributed by atoms with Crippen LogP contribution in [-0.2, 0) is 11.3 Å². The Labute approximate surface area is 107 Å². The van der Waals surface area contributed by atoms with Crippen LogP contribution in [0.25, 0.3) is 10.9 Å². The van der Waals surface area contributed by atoms with Crippen molar-refractivity contribution in [2.75, 3.05) is 0 Å². The SMILES string of the molecule is Cc1cn(CCCCC(=O)NN)c2ccccc12. The number of fused-ring (bicyclic) bond motifs is 1. The molecule has 0 aliphatic heterocycles. The van der Waals surface area contributed by atoms with Crippen LogP contribution in [0.15, 0.2) is 30.5 Å². The Morgan fingerprint density at radius 1 is 1.33 bits per heavy atom. The number of nitrogens with zero attached hydrogens (tertiary/aromatic N) is 1. The molecule has 1 aromatic carbocycles. The number of carbonyl (C=O) groups is 1. The Kier molecular flexibility index (Phi) is 3.99. The fourth-order valence-corrected chi connectivity index (χ4v) is 2.26. The molecular weight excluding hydrogens is 226 g/mol. The summed E-state index contributed by atoms with van der Waals surface area (Å²) in [4.78, 5) is 11.0. The van der Waals surface area contributed by atoms with Gasteiger partial charge in [-0.3, -0.25) is 10.2 Å². The molecule has 96 valence electrons. The second kappa shape index (κ2) is 5.69. The first-order valence-corrected chi connectivity index (χ1v) is 6.26. The van der Waals surface area contributed by atoms with E-state index in [1.54, 1.807) is 0 Å². The Balaban J connectivity index is 1.98. The van der Waals surface area contributed by atoms with Crippen LogP contribution in [0.4, 0.5) is 0 Å². The van der Waals surface area contributed by atoms with E-state index >= 15 is 0 Å². The van der Waals surface area contributed by atoms with Crippen LogP contribution in [0.5, 0.6) is 0 Å². The van der Waals surface area contributed by atoms with Gasteiger partial charge in [-0.1, -0.05) is 18.2 Å². The average Bonchev–Trinajstić information content (AvgIpc) is 2.72. The van der Waals surface area contributed by atoms with Gasteiger partial charge in [0.15, 0.2) is 0 Å². The number of hydrazine groups is 1. The van der Waals surface area contributed by atoms with Crippen LogP contribution < -0.4 is 11.3 Å². The standard InChI is InChI=1S/C14H19N3O/c1-11-10-17(9-5-4-8-14(18)16-15)13-7-3-2-6-12(11)13/h2-3,6-7,10H,4-5,8-9,15H2,1H3,(H,16,18). The molecule has 1 amide bonds. The number of amides is 1. The zero-order valence-electron chi connectivity index (χ0n) is 10.6. The molecule has 2 rings (SSSR count). The highest BCUT2D eigenvalue weighted by Gasteiger charge is 2.04. The molecule has 0 aliphatic rings. The molecule has 0 saturated heterocycles. The molecule has 18 heavy (non-hydrogen) atoms. The van der Waals surface area contributed by atoms with Crippen molar-refractivity contribution in [1.29, 1.82) is 0 Å². The topological polar surface area (TPSA) is 60.0 Å². The molecule has 2 aromatic rings. The number of hydrogen-bond donors (Lipinski definition) is 2. The number of benzene rings is 1. The van der Waals surface area contributed by atoms with Gasteiger partial charge in [0.05, 0.1) is 0 Å². The molecule has 0 fully saturated rings. The van der Waals surface area contributed by atoms with Crippen molar-refractivity contribution in [2.24, 2.45) is 5.84 Å². The number of carbonyl (C=O) groups excluding carboxylic acids is 1. The molecule has 0 saturated carbocycles. The van der Waals surface area contributed by atoms with E-state index in [1.807, 2.05) is 0 Å². The summed E-state index contributed by atoms with van der Waals surface area (Å²) < 4.78 is 2.25. The quantitative estimate of drug-likeness (QED) is 0.367. The molecule has 1 heterocycles. The average molecular weight is 245 g/mol. The summed E-state index contributed by atoms with van der Waals surface area (Å²) in [5.74, 6) is 4.94. The van der Waals surface area contributed by atoms with Crippen molar-refractivity contribution < 1.29 is 4.79 Å². The predicted molar refractivity (Wildman–Crippen MR) is 72.9 cm³/mol. The summed E-state index contributed by atoms with van der Waals surface area (Å²) in [6.45, 7) is 3.06. The normalized spacial score (nSPS) is 10.8. The van der Waals surface area contributed by atoms with Crippen LogP contribution in [0, 0.1) is 6.92 Å². The number of nitrogens with one attached hydrogen (secondary N) is 1. The van der Waals surface area contributed by atoms with Gasteiger partial charge in [0, 0.05) is 30.1 Å². The highest BCUT2D eigenvalue weighted by Crippen LogP contribution is 2.20. The van der Waals surface area contributed by atoms with E-state index in [2.05, 4.69) is 47.4 Å². The lowest BCUT2D eigenvalue weighted by Gasteiger charge is -2.05. The van der Waals surface area contributed by atoms with Gasteiger partial charge < -0.3 is 4.57 Å². The zero-order valence-corrected chi connectivity index (χ0v) is 10.6. The van der Waals surface area contributed by atoms with Gasteiger partial charge in [0.25, 0.3) is 0 Å². The van der Waals surface area contributed by atoms with E-state index in [0.29, 0.717) is 6.42 Å². The molecule has 0 atom stereocenters. The lowest BCUT2D eigenvalue weighted by Crippen LogP contribution is -2.29. The second-order valence-corrected chi connectivity index (χ2v) is 4.55. The highest BCUT2D eigenvalue weighted by molar-refractivity contribution is 5.83. The molecule has 4 heteroatoms. The van der Waals surface area contributed by atoms with E-state index in [-0.39, 0.29) is 5.91 Å². The summed E-state index contributed by atoms with van der Waals surface area (Å²) in [5, 5.41) is 1.30. The summed E-state index contributed by atoms with van der Waals surface area (Å²) in [6.07, 6.45) is 4.50. The maximum absolute atomic E-state index is 11.0. The summed E-state index contributed by atoms with van der Waals surface area (Å²) in [7, 11) is 0. The van der Waals surface area contributed by atoms with Gasteiger partial charge in [0.1, 0.15) is 0 Å². The van der Waals surface area contributed by atoms with Crippen molar-refractivity contribution in [3.8, 4) is 0 Å². The Morgan fingerprint density at radius 2 is 2.11 bits per heavy atom. The monoisotopic (exact) mass is 245 g/mol. The molecule has 0 spiro atoms. The Morgan fingerprint density at radius 3 is 2.89 bits per heavy atom. The molecule has 0 radical (unpaired) electrons. The molecule has 1 aromatic heterocycles. The van der Waals surface area contributed by atoms with Crippen molar-refractivity contribution >= 4 is 16.8 Å². The molecule has 0 unspecified atom stereocenters. The fourth-order valence-electron chi connectivity index (χ4n) is 2.26.